The Labute approximate surface area is 104 Å². The zero-order valence-electron chi connectivity index (χ0n) is 3.21. The van der Waals surface area contributed by atoms with Gasteiger partial charge >= 0.3 is 0 Å². The molecule has 0 aliphatic rings. The van der Waals surface area contributed by atoms with Gasteiger partial charge in [0.15, 0.2) is 0 Å². The van der Waals surface area contributed by atoms with Crippen molar-refractivity contribution in [3.63, 3.8) is 0 Å². The SMILES string of the molecule is [Cu].[Cu].[Cu].[Cu].[Li].[Li]. The molecule has 0 aromatic carbocycles. The molecule has 0 saturated carbocycles. The fourth-order valence-corrected chi connectivity index (χ4v) is 0. The molecule has 0 nitrogen and oxygen atoms in total. The first-order chi connectivity index (χ1) is 0. The third-order valence-corrected chi connectivity index (χ3v) is 0. The van der Waals surface area contributed by atoms with Crippen molar-refractivity contribution in [2.24, 2.45) is 0 Å². The van der Waals surface area contributed by atoms with Gasteiger partial charge in [-0.2, -0.15) is 0 Å². The summed E-state index contributed by atoms with van der Waals surface area (Å²) in [5.41, 5.74) is 0. The summed E-state index contributed by atoms with van der Waals surface area (Å²) in [4.78, 5) is 0. The Morgan fingerprint density at radius 2 is 0.333 bits per heavy atom. The van der Waals surface area contributed by atoms with E-state index in [-0.39, 0.29) is 106 Å². The Kier molecular flexibility index (Phi) is 403. The Hall–Kier alpha value is 3.27. The average molecular weight is 268 g/mol. The molecule has 0 N–H and O–H groups in total. The van der Waals surface area contributed by atoms with E-state index in [1.807, 2.05) is 0 Å². The summed E-state index contributed by atoms with van der Waals surface area (Å²) in [5, 5.41) is 0. The molecule has 0 fully saturated rings. The van der Waals surface area contributed by atoms with Gasteiger partial charge < -0.3 is 0 Å². The Bertz CT molecular complexity index is 5.51. The van der Waals surface area contributed by atoms with E-state index < -0.39 is 0 Å². The number of hydrogen-bond acceptors (Lipinski definition) is 0. The maximum absolute atomic E-state index is 0. The molecule has 0 bridgehead atoms. The van der Waals surface area contributed by atoms with Crippen molar-refractivity contribution in [2.45, 2.75) is 0 Å². The third kappa shape index (κ3) is 26.7. The van der Waals surface area contributed by atoms with Gasteiger partial charge in [0, 0.05) is 106 Å². The fourth-order valence-electron chi connectivity index (χ4n) is 0. The van der Waals surface area contributed by atoms with Gasteiger partial charge in [-0.05, 0) is 0 Å². The molecule has 0 spiro atoms. The first-order valence-corrected chi connectivity index (χ1v) is 0. The molecule has 0 unspecified atom stereocenters. The standard InChI is InChI=1S/4Cu.2Li. The second kappa shape index (κ2) is 40.9. The van der Waals surface area contributed by atoms with E-state index in [2.05, 4.69) is 0 Å². The molecule has 46 valence electrons. The molecular formula is Cu4Li2. The average Bonchev–Trinajstić information content (AvgIpc) is 0. The van der Waals surface area contributed by atoms with E-state index in [4.69, 9.17) is 0 Å². The van der Waals surface area contributed by atoms with Gasteiger partial charge in [0.1, 0.15) is 0 Å². The van der Waals surface area contributed by atoms with E-state index in [0.29, 0.717) is 0 Å². The third-order valence-electron chi connectivity index (χ3n) is 0. The van der Waals surface area contributed by atoms with Gasteiger partial charge in [-0.25, -0.2) is 0 Å². The second-order valence-corrected chi connectivity index (χ2v) is 0. The largest absolute Gasteiger partial charge is 0 e. The van der Waals surface area contributed by atoms with Crippen LogP contribution in [0.15, 0.2) is 0 Å². The normalized spacial score (nSPS) is 0. The number of rotatable bonds is 0. The van der Waals surface area contributed by atoms with Crippen molar-refractivity contribution < 1.29 is 68.3 Å². The van der Waals surface area contributed by atoms with Crippen molar-refractivity contribution in [1.29, 1.82) is 0 Å². The smallest absolute Gasteiger partial charge is 0 e. The van der Waals surface area contributed by atoms with Gasteiger partial charge in [-0.1, -0.05) is 0 Å². The summed E-state index contributed by atoms with van der Waals surface area (Å²) in [6.07, 6.45) is 0. The first kappa shape index (κ1) is 59.2. The van der Waals surface area contributed by atoms with Crippen LogP contribution in [-0.2, 0) is 68.3 Å². The summed E-state index contributed by atoms with van der Waals surface area (Å²) in [6, 6.07) is 0. The van der Waals surface area contributed by atoms with Crippen molar-refractivity contribution in [3.05, 3.63) is 0 Å². The molecule has 6 heavy (non-hydrogen) atoms. The Morgan fingerprint density at radius 3 is 0.333 bits per heavy atom. The Balaban J connectivity index is 0. The van der Waals surface area contributed by atoms with Gasteiger partial charge in [0.2, 0.25) is 0 Å². The molecule has 0 rings (SSSR count). The minimum absolute atomic E-state index is 0. The van der Waals surface area contributed by atoms with E-state index >= 15 is 0 Å². The summed E-state index contributed by atoms with van der Waals surface area (Å²) >= 11 is 0. The molecule has 6 heteroatoms. The maximum Gasteiger partial charge on any atom is 0 e. The minimum atomic E-state index is 0. The zero-order valence-corrected chi connectivity index (χ0v) is 6.97. The molecule has 0 aromatic rings. The Morgan fingerprint density at radius 1 is 0.333 bits per heavy atom. The molecule has 6 radical (unpaired) electrons. The topological polar surface area (TPSA) is 0 Å². The first-order valence-electron chi connectivity index (χ1n) is 0. The van der Waals surface area contributed by atoms with Crippen LogP contribution in [0.4, 0.5) is 0 Å². The van der Waals surface area contributed by atoms with Crippen LogP contribution in [0.3, 0.4) is 0 Å². The van der Waals surface area contributed by atoms with Gasteiger partial charge in [0.25, 0.3) is 0 Å². The van der Waals surface area contributed by atoms with Crippen LogP contribution in [-0.4, -0.2) is 37.7 Å². The van der Waals surface area contributed by atoms with Crippen LogP contribution < -0.4 is 0 Å². The van der Waals surface area contributed by atoms with Gasteiger partial charge in [-0.3, -0.25) is 0 Å². The van der Waals surface area contributed by atoms with E-state index in [9.17, 15) is 0 Å². The summed E-state index contributed by atoms with van der Waals surface area (Å²) in [5.74, 6) is 0. The zero-order chi connectivity index (χ0) is 0. The predicted octanol–water partition coefficient (Wildman–Crippen LogP) is -0.772. The predicted molar refractivity (Wildman–Crippen MR) is 11.5 cm³/mol. The quantitative estimate of drug-likeness (QED) is 0.506. The van der Waals surface area contributed by atoms with Crippen LogP contribution in [0.5, 0.6) is 0 Å². The summed E-state index contributed by atoms with van der Waals surface area (Å²) < 4.78 is 0. The van der Waals surface area contributed by atoms with Crippen LogP contribution in [0.1, 0.15) is 0 Å². The van der Waals surface area contributed by atoms with Crippen molar-refractivity contribution in [3.8, 4) is 0 Å². The van der Waals surface area contributed by atoms with E-state index in [1.165, 1.54) is 0 Å². The molecule has 0 aliphatic carbocycles. The van der Waals surface area contributed by atoms with E-state index in [0.717, 1.165) is 0 Å². The molecule has 0 atom stereocenters. The fraction of sp³-hybridized carbons (Fsp3) is 0. The maximum atomic E-state index is 0. The number of hydrogen-bond donors (Lipinski definition) is 0. The van der Waals surface area contributed by atoms with Crippen molar-refractivity contribution in [1.82, 2.24) is 0 Å². The molecular weight excluding hydrogens is 268 g/mol. The summed E-state index contributed by atoms with van der Waals surface area (Å²) in [7, 11) is 0. The molecule has 0 aliphatic heterocycles. The van der Waals surface area contributed by atoms with Crippen LogP contribution >= 0.6 is 0 Å². The second-order valence-electron chi connectivity index (χ2n) is 0. The minimum Gasteiger partial charge on any atom is 0 e. The molecule has 0 amide bonds. The van der Waals surface area contributed by atoms with Crippen LogP contribution in [0.25, 0.3) is 0 Å². The van der Waals surface area contributed by atoms with E-state index in [1.54, 1.807) is 0 Å². The monoisotopic (exact) mass is 266 g/mol. The van der Waals surface area contributed by atoms with Crippen molar-refractivity contribution >= 4 is 37.7 Å². The van der Waals surface area contributed by atoms with Crippen LogP contribution in [0, 0.1) is 0 Å². The molecule has 0 saturated heterocycles. The van der Waals surface area contributed by atoms with Gasteiger partial charge in [0.05, 0.1) is 0 Å². The summed E-state index contributed by atoms with van der Waals surface area (Å²) in [6.45, 7) is 0. The molecule has 0 heterocycles. The van der Waals surface area contributed by atoms with Crippen LogP contribution in [0.2, 0.25) is 0 Å². The van der Waals surface area contributed by atoms with Gasteiger partial charge in [-0.15, -0.1) is 0 Å². The van der Waals surface area contributed by atoms with Crippen molar-refractivity contribution in [2.75, 3.05) is 0 Å². The molecule has 0 aromatic heterocycles.